The summed E-state index contributed by atoms with van der Waals surface area (Å²) in [5.74, 6) is 1.33. The topological polar surface area (TPSA) is 78.9 Å². The first kappa shape index (κ1) is 17.2. The molecule has 27 heavy (non-hydrogen) atoms. The van der Waals surface area contributed by atoms with Gasteiger partial charge in [0.25, 0.3) is 0 Å². The van der Waals surface area contributed by atoms with Crippen LogP contribution in [0.5, 0.6) is 5.75 Å². The fourth-order valence-corrected chi connectivity index (χ4v) is 3.22. The summed E-state index contributed by atoms with van der Waals surface area (Å²) in [6.07, 6.45) is 1.57. The molecule has 0 aliphatic carbocycles. The fourth-order valence-electron chi connectivity index (χ4n) is 2.46. The zero-order valence-corrected chi connectivity index (χ0v) is 15.1. The van der Waals surface area contributed by atoms with Crippen molar-refractivity contribution in [2.45, 2.75) is 10.9 Å². The van der Waals surface area contributed by atoms with E-state index in [1.807, 2.05) is 24.3 Å². The van der Waals surface area contributed by atoms with Crippen LogP contribution in [0.2, 0.25) is 0 Å². The Bertz CT molecular complexity index is 1050. The van der Waals surface area contributed by atoms with Gasteiger partial charge in [0.2, 0.25) is 11.0 Å². The number of methoxy groups -OCH3 is 1. The van der Waals surface area contributed by atoms with Crippen LogP contribution in [0.3, 0.4) is 0 Å². The Morgan fingerprint density at radius 1 is 1.15 bits per heavy atom. The molecule has 2 heterocycles. The van der Waals surface area contributed by atoms with Gasteiger partial charge >= 0.3 is 0 Å². The molecule has 0 unspecified atom stereocenters. The Morgan fingerprint density at radius 2 is 1.96 bits per heavy atom. The van der Waals surface area contributed by atoms with Gasteiger partial charge < -0.3 is 9.15 Å². The van der Waals surface area contributed by atoms with Gasteiger partial charge in [-0.15, -0.1) is 5.10 Å². The third-order valence-electron chi connectivity index (χ3n) is 3.75. The van der Waals surface area contributed by atoms with E-state index in [2.05, 4.69) is 20.5 Å². The Balaban J connectivity index is 1.51. The Kier molecular flexibility index (Phi) is 4.84. The van der Waals surface area contributed by atoms with Crippen molar-refractivity contribution < 1.29 is 13.5 Å². The minimum atomic E-state index is -0.302. The summed E-state index contributed by atoms with van der Waals surface area (Å²) in [7, 11) is 1.60. The van der Waals surface area contributed by atoms with Crippen LogP contribution in [0.1, 0.15) is 5.69 Å². The highest BCUT2D eigenvalue weighted by atomic mass is 32.2. The molecular weight excluding hydrogens is 369 g/mol. The summed E-state index contributed by atoms with van der Waals surface area (Å²) >= 11 is 1.42. The van der Waals surface area contributed by atoms with Gasteiger partial charge in [-0.3, -0.25) is 0 Å². The number of hydrogen-bond donors (Lipinski definition) is 0. The lowest BCUT2D eigenvalue weighted by Crippen LogP contribution is -2.01. The number of nitrogens with zero attached hydrogens (tertiary/aromatic N) is 5. The number of ether oxygens (including phenoxy) is 1. The maximum Gasteiger partial charge on any atom is 0.226 e. The maximum atomic E-state index is 13.0. The minimum Gasteiger partial charge on any atom is -0.494 e. The lowest BCUT2D eigenvalue weighted by molar-refractivity contribution is 0.410. The molecular formula is C18H14FN5O2S. The third-order valence-corrected chi connectivity index (χ3v) is 4.70. The van der Waals surface area contributed by atoms with E-state index < -0.39 is 0 Å². The van der Waals surface area contributed by atoms with Crippen LogP contribution < -0.4 is 4.74 Å². The highest BCUT2D eigenvalue weighted by Crippen LogP contribution is 2.28. The van der Waals surface area contributed by atoms with Crippen LogP contribution in [0.4, 0.5) is 4.39 Å². The monoisotopic (exact) mass is 383 g/mol. The Morgan fingerprint density at radius 3 is 2.78 bits per heavy atom. The summed E-state index contributed by atoms with van der Waals surface area (Å²) < 4.78 is 25.5. The second-order valence-corrected chi connectivity index (χ2v) is 6.43. The van der Waals surface area contributed by atoms with Crippen molar-refractivity contribution in [1.29, 1.82) is 0 Å². The van der Waals surface area contributed by atoms with Crippen molar-refractivity contribution in [1.82, 2.24) is 25.2 Å². The second-order valence-electron chi connectivity index (χ2n) is 5.48. The molecule has 9 heteroatoms. The predicted molar refractivity (Wildman–Crippen MR) is 97.2 cm³/mol. The Labute approximate surface area is 158 Å². The van der Waals surface area contributed by atoms with Crippen LogP contribution in [-0.4, -0.2) is 32.3 Å². The second kappa shape index (κ2) is 7.58. The first-order valence-corrected chi connectivity index (χ1v) is 8.98. The molecule has 2 aromatic carbocycles. The summed E-state index contributed by atoms with van der Waals surface area (Å²) in [5, 5.41) is 12.5. The molecule has 0 radical (unpaired) electrons. The third kappa shape index (κ3) is 3.68. The van der Waals surface area contributed by atoms with E-state index in [-0.39, 0.29) is 5.82 Å². The van der Waals surface area contributed by atoms with Crippen molar-refractivity contribution in [2.75, 3.05) is 7.11 Å². The van der Waals surface area contributed by atoms with Crippen LogP contribution >= 0.6 is 11.8 Å². The molecule has 7 nitrogen and oxygen atoms in total. The number of tetrazole rings is 1. The molecule has 0 bridgehead atoms. The molecule has 136 valence electrons. The predicted octanol–water partition coefficient (Wildman–Crippen LogP) is 3.76. The van der Waals surface area contributed by atoms with E-state index in [9.17, 15) is 4.39 Å². The van der Waals surface area contributed by atoms with Gasteiger partial charge in [-0.2, -0.15) is 4.68 Å². The molecule has 4 aromatic rings. The van der Waals surface area contributed by atoms with E-state index in [0.29, 0.717) is 28.1 Å². The number of aromatic nitrogens is 5. The van der Waals surface area contributed by atoms with Crippen LogP contribution in [-0.2, 0) is 5.75 Å². The van der Waals surface area contributed by atoms with Gasteiger partial charge in [0, 0.05) is 11.3 Å². The number of hydrogen-bond acceptors (Lipinski definition) is 7. The average Bonchev–Trinajstić information content (AvgIpc) is 3.36. The van der Waals surface area contributed by atoms with Gasteiger partial charge in [-0.25, -0.2) is 9.37 Å². The van der Waals surface area contributed by atoms with Crippen molar-refractivity contribution >= 4 is 11.8 Å². The van der Waals surface area contributed by atoms with Crippen LogP contribution in [0.15, 0.2) is 64.4 Å². The normalized spacial score (nSPS) is 10.9. The van der Waals surface area contributed by atoms with E-state index in [0.717, 1.165) is 11.4 Å². The molecule has 4 rings (SSSR count). The van der Waals surface area contributed by atoms with Crippen LogP contribution in [0.25, 0.3) is 17.1 Å². The van der Waals surface area contributed by atoms with Gasteiger partial charge in [0.05, 0.1) is 12.8 Å². The smallest absolute Gasteiger partial charge is 0.226 e. The molecule has 0 aliphatic rings. The molecule has 0 saturated heterocycles. The van der Waals surface area contributed by atoms with Crippen molar-refractivity contribution in [3.63, 3.8) is 0 Å². The molecule has 0 fully saturated rings. The maximum absolute atomic E-state index is 13.0. The molecule has 0 amide bonds. The molecule has 0 saturated carbocycles. The lowest BCUT2D eigenvalue weighted by Gasteiger charge is -2.08. The number of benzene rings is 2. The van der Waals surface area contributed by atoms with Crippen molar-refractivity contribution in [3.05, 3.63) is 66.3 Å². The van der Waals surface area contributed by atoms with Gasteiger partial charge in [0.1, 0.15) is 23.5 Å². The highest BCUT2D eigenvalue weighted by molar-refractivity contribution is 7.98. The summed E-state index contributed by atoms with van der Waals surface area (Å²) in [6.45, 7) is 0. The molecule has 0 spiro atoms. The fraction of sp³-hybridized carbons (Fsp3) is 0.111. The van der Waals surface area contributed by atoms with Gasteiger partial charge in [-0.1, -0.05) is 23.9 Å². The first-order valence-electron chi connectivity index (χ1n) is 7.99. The molecule has 0 atom stereocenters. The SMILES string of the molecule is COc1ccccc1-n1nnnc1SCc1coc(-c2ccc(F)cc2)n1. The van der Waals surface area contributed by atoms with Crippen LogP contribution in [0, 0.1) is 5.82 Å². The minimum absolute atomic E-state index is 0.302. The number of para-hydroxylation sites is 2. The lowest BCUT2D eigenvalue weighted by atomic mass is 10.2. The number of halogens is 1. The molecule has 0 aliphatic heterocycles. The zero-order valence-electron chi connectivity index (χ0n) is 14.2. The average molecular weight is 383 g/mol. The Hall–Kier alpha value is -3.20. The summed E-state index contributed by atoms with van der Waals surface area (Å²) in [5.41, 5.74) is 2.19. The first-order chi connectivity index (χ1) is 13.2. The quantitative estimate of drug-likeness (QED) is 0.469. The van der Waals surface area contributed by atoms with E-state index in [1.165, 1.54) is 23.9 Å². The van der Waals surface area contributed by atoms with E-state index in [1.54, 1.807) is 30.2 Å². The van der Waals surface area contributed by atoms with E-state index >= 15 is 0 Å². The van der Waals surface area contributed by atoms with Crippen molar-refractivity contribution in [3.8, 4) is 22.9 Å². The number of thioether (sulfide) groups is 1. The van der Waals surface area contributed by atoms with Gasteiger partial charge in [-0.05, 0) is 46.8 Å². The highest BCUT2D eigenvalue weighted by Gasteiger charge is 2.14. The zero-order chi connectivity index (χ0) is 18.6. The molecule has 2 aromatic heterocycles. The van der Waals surface area contributed by atoms with E-state index in [4.69, 9.17) is 9.15 Å². The largest absolute Gasteiger partial charge is 0.494 e. The standard InChI is InChI=1S/C18H14FN5O2S/c1-25-16-5-3-2-4-15(16)24-18(21-22-23-24)27-11-14-10-26-17(20-14)12-6-8-13(19)9-7-12/h2-10H,11H2,1H3. The molecule has 0 N–H and O–H groups in total. The summed E-state index contributed by atoms with van der Waals surface area (Å²) in [4.78, 5) is 4.43. The van der Waals surface area contributed by atoms with Crippen molar-refractivity contribution in [2.24, 2.45) is 0 Å². The van der Waals surface area contributed by atoms with Gasteiger partial charge in [0.15, 0.2) is 0 Å². The number of oxazole rings is 1. The summed E-state index contributed by atoms with van der Waals surface area (Å²) in [6, 6.07) is 13.5. The number of rotatable bonds is 6.